The quantitative estimate of drug-likeness (QED) is 0.590. The van der Waals surface area contributed by atoms with Crippen LogP contribution in [0.5, 0.6) is 0 Å². The minimum Gasteiger partial charge on any atom is -0.444 e. The number of anilines is 1. The van der Waals surface area contributed by atoms with E-state index in [1.807, 2.05) is 0 Å². The van der Waals surface area contributed by atoms with E-state index in [0.717, 1.165) is 0 Å². The largest absolute Gasteiger partial charge is 1.00 e. The van der Waals surface area contributed by atoms with E-state index in [2.05, 4.69) is 16.5 Å². The average molecular weight is 211 g/mol. The molecule has 0 fully saturated rings. The van der Waals surface area contributed by atoms with Crippen LogP contribution in [-0.2, 0) is 4.74 Å². The Morgan fingerprint density at radius 2 is 2.06 bits per heavy atom. The molecule has 0 aromatic carbocycles. The first-order chi connectivity index (χ1) is 6.37. The second kappa shape index (κ2) is 7.09. The van der Waals surface area contributed by atoms with E-state index in [9.17, 15) is 4.79 Å². The number of hydrogen-bond donors (Lipinski definition) is 1. The summed E-state index contributed by atoms with van der Waals surface area (Å²) in [6.07, 6.45) is -0.568. The van der Waals surface area contributed by atoms with E-state index in [-0.39, 0.29) is 43.5 Å². The van der Waals surface area contributed by atoms with Crippen LogP contribution in [0.4, 0.5) is 10.6 Å². The molecular weight excluding hydrogens is 198 g/mol. The third kappa shape index (κ3) is 7.03. The van der Waals surface area contributed by atoms with Gasteiger partial charge < -0.3 is 9.26 Å². The molecule has 1 heterocycles. The summed E-state index contributed by atoms with van der Waals surface area (Å²) < 4.78 is 9.72. The molecule has 1 aromatic rings. The fraction of sp³-hybridized carbons (Fsp3) is 0.556. The number of aromatic nitrogens is 1. The van der Waals surface area contributed by atoms with Crippen molar-refractivity contribution in [1.29, 1.82) is 0 Å². The van der Waals surface area contributed by atoms with Gasteiger partial charge in [-0.3, -0.25) is 5.32 Å². The molecule has 0 aliphatic carbocycles. The molecule has 0 bridgehead atoms. The summed E-state index contributed by atoms with van der Waals surface area (Å²) in [5.74, 6) is 0.743. The van der Waals surface area contributed by atoms with Crippen molar-refractivity contribution in [3.8, 4) is 0 Å². The molecule has 0 unspecified atom stereocenters. The maximum Gasteiger partial charge on any atom is 1.00 e. The molecule has 0 aliphatic heterocycles. The molecule has 1 aromatic heterocycles. The normalized spacial score (nSPS) is 9.75. The SMILES string of the molecule is Cc1[c]c(NC(=O)OC(C)(C)C)no1.[Li+].[Li]. The first-order valence-corrected chi connectivity index (χ1v) is 4.22. The van der Waals surface area contributed by atoms with Gasteiger partial charge in [0.2, 0.25) is 0 Å². The van der Waals surface area contributed by atoms with Crippen molar-refractivity contribution in [1.82, 2.24) is 5.16 Å². The van der Waals surface area contributed by atoms with Crippen LogP contribution in [0.25, 0.3) is 0 Å². The fourth-order valence-electron chi connectivity index (χ4n) is 0.781. The minimum absolute atomic E-state index is 0. The Hall–Kier alpha value is -0.325. The van der Waals surface area contributed by atoms with Gasteiger partial charge in [0.15, 0.2) is 5.82 Å². The van der Waals surface area contributed by atoms with E-state index in [0.29, 0.717) is 5.76 Å². The fourth-order valence-corrected chi connectivity index (χ4v) is 0.781. The van der Waals surface area contributed by atoms with Gasteiger partial charge in [0.1, 0.15) is 11.4 Å². The van der Waals surface area contributed by atoms with Crippen molar-refractivity contribution in [3.63, 3.8) is 0 Å². The molecule has 0 atom stereocenters. The molecule has 0 spiro atoms. The zero-order chi connectivity index (χ0) is 10.8. The summed E-state index contributed by atoms with van der Waals surface area (Å²) in [6, 6.07) is 2.70. The van der Waals surface area contributed by atoms with E-state index in [1.165, 1.54) is 0 Å². The van der Waals surface area contributed by atoms with Gasteiger partial charge >= 0.3 is 25.0 Å². The Balaban J connectivity index is 0. The van der Waals surface area contributed by atoms with Gasteiger partial charge in [-0.05, 0) is 27.7 Å². The predicted molar refractivity (Wildman–Crippen MR) is 55.7 cm³/mol. The first-order valence-electron chi connectivity index (χ1n) is 4.22. The van der Waals surface area contributed by atoms with Crippen LogP contribution >= 0.6 is 0 Å². The van der Waals surface area contributed by atoms with Gasteiger partial charge in [-0.25, -0.2) is 4.79 Å². The molecule has 16 heavy (non-hydrogen) atoms. The topological polar surface area (TPSA) is 64.4 Å². The van der Waals surface area contributed by atoms with Gasteiger partial charge in [-0.15, -0.1) is 0 Å². The third-order valence-corrected chi connectivity index (χ3v) is 1.19. The molecule has 5 nitrogen and oxygen atoms in total. The van der Waals surface area contributed by atoms with E-state index < -0.39 is 11.7 Å². The summed E-state index contributed by atoms with van der Waals surface area (Å²) in [4.78, 5) is 11.2. The summed E-state index contributed by atoms with van der Waals surface area (Å²) in [5, 5.41) is 5.94. The summed E-state index contributed by atoms with van der Waals surface area (Å²) >= 11 is 0. The van der Waals surface area contributed by atoms with Crippen LogP contribution < -0.4 is 24.2 Å². The van der Waals surface area contributed by atoms with Crippen molar-refractivity contribution < 1.29 is 32.9 Å². The number of aryl methyl sites for hydroxylation is 1. The molecule has 7 heteroatoms. The third-order valence-electron chi connectivity index (χ3n) is 1.19. The number of carbonyl (C=O) groups is 1. The Morgan fingerprint density at radius 3 is 2.44 bits per heavy atom. The molecule has 78 valence electrons. The van der Waals surface area contributed by atoms with Gasteiger partial charge in [0.25, 0.3) is 0 Å². The van der Waals surface area contributed by atoms with Crippen LogP contribution in [0.3, 0.4) is 0 Å². The van der Waals surface area contributed by atoms with Gasteiger partial charge in [0.05, 0.1) is 6.07 Å². The Labute approximate surface area is 119 Å². The standard InChI is InChI=1S/C9H13N2O3.2Li/c1-6-5-7(11-14-6)10-8(12)13-9(2,3)4;;/h1-4H3,(H,10,11,12);;/q;;+1. The molecule has 0 saturated heterocycles. The van der Waals surface area contributed by atoms with Crippen molar-refractivity contribution in [2.75, 3.05) is 5.32 Å². The zero-order valence-electron chi connectivity index (χ0n) is 10.7. The molecular formula is C9H13Li2N2O3+. The van der Waals surface area contributed by atoms with Crippen LogP contribution in [-0.4, -0.2) is 35.7 Å². The van der Waals surface area contributed by atoms with Crippen molar-refractivity contribution in [2.45, 2.75) is 33.3 Å². The van der Waals surface area contributed by atoms with Gasteiger partial charge in [-0.1, -0.05) is 5.16 Å². The summed E-state index contributed by atoms with van der Waals surface area (Å²) in [7, 11) is 0. The number of amides is 1. The number of carbonyl (C=O) groups excluding carboxylic acids is 1. The van der Waals surface area contributed by atoms with Crippen LogP contribution in [0.2, 0.25) is 0 Å². The van der Waals surface area contributed by atoms with E-state index >= 15 is 0 Å². The predicted octanol–water partition coefficient (Wildman–Crippen LogP) is -1.25. The van der Waals surface area contributed by atoms with Crippen molar-refractivity contribution in [3.05, 3.63) is 11.8 Å². The average Bonchev–Trinajstić information content (AvgIpc) is 2.30. The maximum atomic E-state index is 11.2. The molecule has 1 rings (SSSR count). The number of hydrogen-bond acceptors (Lipinski definition) is 4. The molecule has 1 amide bonds. The first kappa shape index (κ1) is 18.1. The minimum atomic E-state index is -0.568. The van der Waals surface area contributed by atoms with Gasteiger partial charge in [-0.2, -0.15) is 0 Å². The van der Waals surface area contributed by atoms with Crippen molar-refractivity contribution in [2.24, 2.45) is 0 Å². The second-order valence-electron chi connectivity index (χ2n) is 3.84. The zero-order valence-corrected chi connectivity index (χ0v) is 10.7. The van der Waals surface area contributed by atoms with Crippen molar-refractivity contribution >= 4 is 30.8 Å². The molecule has 0 aliphatic rings. The van der Waals surface area contributed by atoms with E-state index in [1.54, 1.807) is 27.7 Å². The summed E-state index contributed by atoms with van der Waals surface area (Å²) in [6.45, 7) is 7.03. The van der Waals surface area contributed by atoms with E-state index in [4.69, 9.17) is 9.26 Å². The number of nitrogens with zero attached hydrogens (tertiary/aromatic N) is 1. The Bertz CT molecular complexity index is 334. The van der Waals surface area contributed by atoms with Crippen LogP contribution in [0.15, 0.2) is 4.52 Å². The van der Waals surface area contributed by atoms with Crippen LogP contribution in [0.1, 0.15) is 26.5 Å². The molecule has 1 N–H and O–H groups in total. The number of ether oxygens (including phenoxy) is 1. The summed E-state index contributed by atoms with van der Waals surface area (Å²) in [5.41, 5.74) is -0.525. The van der Waals surface area contributed by atoms with Crippen LogP contribution in [0, 0.1) is 13.0 Å². The Morgan fingerprint density at radius 1 is 1.50 bits per heavy atom. The molecule has 2 radical (unpaired) electrons. The number of rotatable bonds is 1. The Kier molecular flexibility index (Phi) is 8.00. The monoisotopic (exact) mass is 211 g/mol. The number of nitrogens with one attached hydrogen (secondary N) is 1. The molecule has 0 saturated carbocycles. The smallest absolute Gasteiger partial charge is 0.444 e. The second-order valence-corrected chi connectivity index (χ2v) is 3.84. The maximum absolute atomic E-state index is 11.2. The van der Waals surface area contributed by atoms with Gasteiger partial charge in [0, 0.05) is 18.9 Å².